The van der Waals surface area contributed by atoms with E-state index in [0.717, 1.165) is 50.0 Å². The Bertz CT molecular complexity index is 1120. The molecule has 3 aromatic rings. The molecule has 36 heavy (non-hydrogen) atoms. The van der Waals surface area contributed by atoms with Crippen LogP contribution in [0.3, 0.4) is 0 Å². The number of aromatic nitrogens is 1. The Kier molecular flexibility index (Phi) is 8.11. The number of hydrogen-bond donors (Lipinski definition) is 2. The zero-order valence-electron chi connectivity index (χ0n) is 21.2. The van der Waals surface area contributed by atoms with Crippen LogP contribution in [-0.4, -0.2) is 52.9 Å². The number of ether oxygens (including phenoxy) is 1. The van der Waals surface area contributed by atoms with Gasteiger partial charge < -0.3 is 23.9 Å². The van der Waals surface area contributed by atoms with Crippen LogP contribution in [0.4, 0.5) is 0 Å². The number of quaternary nitrogens is 1. The van der Waals surface area contributed by atoms with Gasteiger partial charge in [0.15, 0.2) is 11.4 Å². The van der Waals surface area contributed by atoms with E-state index in [1.54, 1.807) is 30.5 Å². The van der Waals surface area contributed by atoms with Gasteiger partial charge in [0, 0.05) is 12.3 Å². The summed E-state index contributed by atoms with van der Waals surface area (Å²) >= 11 is 0. The molecule has 1 aliphatic rings. The molecule has 1 aliphatic carbocycles. The molecule has 192 valence electrons. The lowest BCUT2D eigenvalue weighted by Gasteiger charge is -2.36. The van der Waals surface area contributed by atoms with Gasteiger partial charge in [0.2, 0.25) is 5.89 Å². The number of benzene rings is 2. The van der Waals surface area contributed by atoms with E-state index in [1.165, 1.54) is 6.42 Å². The van der Waals surface area contributed by atoms with Crippen LogP contribution in [0.1, 0.15) is 66.1 Å². The van der Waals surface area contributed by atoms with E-state index in [9.17, 15) is 9.90 Å². The minimum atomic E-state index is -1.22. The molecule has 7 heteroatoms. The lowest BCUT2D eigenvalue weighted by atomic mass is 9.73. The minimum absolute atomic E-state index is 0.0874. The standard InChI is InChI=1S/C29H36N2O5/c1-31(2,18-9-19-35-25-16-14-22(15-17-25)27(32)33)21-26-20-30-28(36-26)29(34,23-10-5-3-6-11-23)24-12-7-4-8-13-24/h3,5-6,10-11,14-17,20,24,34H,4,7-9,12-13,18-19,21H2,1-2H3/p+1. The van der Waals surface area contributed by atoms with E-state index in [-0.39, 0.29) is 11.5 Å². The number of nitrogens with zero attached hydrogens (tertiary/aromatic N) is 2. The molecule has 1 saturated carbocycles. The Labute approximate surface area is 212 Å². The van der Waals surface area contributed by atoms with Gasteiger partial charge in [0.25, 0.3) is 0 Å². The average molecular weight is 494 g/mol. The predicted octanol–water partition coefficient (Wildman–Crippen LogP) is 5.23. The number of carboxylic acid groups (broad SMARTS) is 1. The van der Waals surface area contributed by atoms with Crippen molar-refractivity contribution in [3.05, 3.63) is 83.6 Å². The van der Waals surface area contributed by atoms with Gasteiger partial charge in [0.05, 0.1) is 39.0 Å². The second-order valence-corrected chi connectivity index (χ2v) is 10.4. The zero-order chi connectivity index (χ0) is 25.6. The maximum atomic E-state index is 12.0. The molecule has 2 N–H and O–H groups in total. The summed E-state index contributed by atoms with van der Waals surface area (Å²) in [6.07, 6.45) is 7.94. The van der Waals surface area contributed by atoms with Crippen molar-refractivity contribution in [1.82, 2.24) is 4.98 Å². The second-order valence-electron chi connectivity index (χ2n) is 10.4. The lowest BCUT2D eigenvalue weighted by Crippen LogP contribution is -2.40. The molecular weight excluding hydrogens is 456 g/mol. The second kappa shape index (κ2) is 11.3. The van der Waals surface area contributed by atoms with Gasteiger partial charge in [-0.2, -0.15) is 0 Å². The Morgan fingerprint density at radius 3 is 2.44 bits per heavy atom. The number of rotatable bonds is 11. The molecule has 0 amide bonds. The highest BCUT2D eigenvalue weighted by atomic mass is 16.5. The molecule has 0 radical (unpaired) electrons. The van der Waals surface area contributed by atoms with Crippen LogP contribution in [0.5, 0.6) is 5.75 Å². The minimum Gasteiger partial charge on any atom is -0.493 e. The topological polar surface area (TPSA) is 92.8 Å². The van der Waals surface area contributed by atoms with Crippen molar-refractivity contribution >= 4 is 5.97 Å². The van der Waals surface area contributed by atoms with Crippen molar-refractivity contribution in [2.45, 2.75) is 50.7 Å². The molecule has 0 spiro atoms. The maximum absolute atomic E-state index is 12.0. The van der Waals surface area contributed by atoms with Crippen molar-refractivity contribution in [2.75, 3.05) is 27.2 Å². The normalized spacial score (nSPS) is 16.4. The van der Waals surface area contributed by atoms with E-state index in [1.807, 2.05) is 30.3 Å². The maximum Gasteiger partial charge on any atom is 0.335 e. The first-order valence-corrected chi connectivity index (χ1v) is 12.8. The fourth-order valence-corrected chi connectivity index (χ4v) is 5.18. The van der Waals surface area contributed by atoms with Crippen molar-refractivity contribution in [3.63, 3.8) is 0 Å². The molecule has 0 aliphatic heterocycles. The van der Waals surface area contributed by atoms with Gasteiger partial charge in [0.1, 0.15) is 12.3 Å². The van der Waals surface area contributed by atoms with E-state index < -0.39 is 11.6 Å². The number of aromatic carboxylic acids is 1. The molecule has 0 saturated heterocycles. The Balaban J connectivity index is 1.37. The summed E-state index contributed by atoms with van der Waals surface area (Å²) in [6, 6.07) is 16.2. The zero-order valence-corrected chi connectivity index (χ0v) is 21.2. The number of hydrogen-bond acceptors (Lipinski definition) is 5. The molecule has 1 heterocycles. The van der Waals surface area contributed by atoms with Gasteiger partial charge in [-0.05, 0) is 42.7 Å². The summed E-state index contributed by atoms with van der Waals surface area (Å²) in [5.41, 5.74) is -0.136. The van der Waals surface area contributed by atoms with Crippen LogP contribution >= 0.6 is 0 Å². The highest BCUT2D eigenvalue weighted by molar-refractivity contribution is 5.87. The van der Waals surface area contributed by atoms with E-state index in [4.69, 9.17) is 14.3 Å². The van der Waals surface area contributed by atoms with Crippen LogP contribution < -0.4 is 4.74 Å². The van der Waals surface area contributed by atoms with Gasteiger partial charge in [-0.25, -0.2) is 9.78 Å². The third kappa shape index (κ3) is 6.15. The van der Waals surface area contributed by atoms with Gasteiger partial charge >= 0.3 is 5.97 Å². The molecular formula is C29H37N2O5+. The molecule has 1 fully saturated rings. The van der Waals surface area contributed by atoms with Crippen molar-refractivity contribution in [1.29, 1.82) is 0 Å². The summed E-state index contributed by atoms with van der Waals surface area (Å²) in [5, 5.41) is 21.0. The van der Waals surface area contributed by atoms with E-state index >= 15 is 0 Å². The van der Waals surface area contributed by atoms with E-state index in [2.05, 4.69) is 19.1 Å². The number of carbonyl (C=O) groups is 1. The third-order valence-electron chi connectivity index (χ3n) is 7.15. The third-order valence-corrected chi connectivity index (χ3v) is 7.15. The highest BCUT2D eigenvalue weighted by Crippen LogP contribution is 2.43. The molecule has 1 unspecified atom stereocenters. The molecule has 4 rings (SSSR count). The van der Waals surface area contributed by atoms with Crippen LogP contribution in [0.25, 0.3) is 0 Å². The van der Waals surface area contributed by atoms with Crippen LogP contribution in [0.15, 0.2) is 65.2 Å². The van der Waals surface area contributed by atoms with Crippen LogP contribution in [0, 0.1) is 5.92 Å². The fourth-order valence-electron chi connectivity index (χ4n) is 5.18. The first kappa shape index (κ1) is 25.9. The Morgan fingerprint density at radius 2 is 1.78 bits per heavy atom. The van der Waals surface area contributed by atoms with Crippen LogP contribution in [-0.2, 0) is 12.1 Å². The van der Waals surface area contributed by atoms with Gasteiger partial charge in [-0.3, -0.25) is 0 Å². The van der Waals surface area contributed by atoms with Gasteiger partial charge in [-0.1, -0.05) is 49.6 Å². The number of oxazole rings is 1. The predicted molar refractivity (Wildman–Crippen MR) is 137 cm³/mol. The van der Waals surface area contributed by atoms with Crippen LogP contribution in [0.2, 0.25) is 0 Å². The molecule has 7 nitrogen and oxygen atoms in total. The first-order valence-electron chi connectivity index (χ1n) is 12.8. The average Bonchev–Trinajstić information content (AvgIpc) is 3.35. The molecule has 2 aromatic carbocycles. The van der Waals surface area contributed by atoms with Crippen molar-refractivity contribution in [2.24, 2.45) is 5.92 Å². The first-order chi connectivity index (χ1) is 17.3. The summed E-state index contributed by atoms with van der Waals surface area (Å²) in [7, 11) is 4.27. The SMILES string of the molecule is C[N+](C)(CCCOc1ccc(C(=O)O)cc1)Cc1cnc(C(O)(c2ccccc2)C2CCCCC2)o1. The smallest absolute Gasteiger partial charge is 0.335 e. The fraction of sp³-hybridized carbons (Fsp3) is 0.448. The summed E-state index contributed by atoms with van der Waals surface area (Å²) in [4.78, 5) is 15.6. The van der Waals surface area contributed by atoms with Crippen molar-refractivity contribution in [3.8, 4) is 5.75 Å². The number of aliphatic hydroxyl groups is 1. The summed E-state index contributed by atoms with van der Waals surface area (Å²) < 4.78 is 12.7. The molecule has 0 bridgehead atoms. The summed E-state index contributed by atoms with van der Waals surface area (Å²) in [6.45, 7) is 2.04. The number of carboxylic acids is 1. The molecule has 1 aromatic heterocycles. The van der Waals surface area contributed by atoms with E-state index in [0.29, 0.717) is 29.3 Å². The quantitative estimate of drug-likeness (QED) is 0.281. The largest absolute Gasteiger partial charge is 0.493 e. The highest BCUT2D eigenvalue weighted by Gasteiger charge is 2.44. The molecule has 1 atom stereocenters. The Hall–Kier alpha value is -3.16. The van der Waals surface area contributed by atoms with Gasteiger partial charge in [-0.15, -0.1) is 0 Å². The Morgan fingerprint density at radius 1 is 1.08 bits per heavy atom. The lowest BCUT2D eigenvalue weighted by molar-refractivity contribution is -0.904. The monoisotopic (exact) mass is 493 g/mol. The van der Waals surface area contributed by atoms with Crippen molar-refractivity contribution < 1.29 is 28.6 Å². The summed E-state index contributed by atoms with van der Waals surface area (Å²) in [5.74, 6) is 0.948.